The molecule has 6 heteroatoms. The van der Waals surface area contributed by atoms with Crippen molar-refractivity contribution in [2.75, 3.05) is 33.2 Å². The zero-order valence-electron chi connectivity index (χ0n) is 15.6. The van der Waals surface area contributed by atoms with Crippen LogP contribution in [0, 0.1) is 0 Å². The van der Waals surface area contributed by atoms with Gasteiger partial charge in [-0.15, -0.1) is 0 Å². The van der Waals surface area contributed by atoms with Gasteiger partial charge in [0.05, 0.1) is 11.2 Å². The summed E-state index contributed by atoms with van der Waals surface area (Å²) in [5, 5.41) is 20.5. The van der Waals surface area contributed by atoms with Crippen molar-refractivity contribution in [1.82, 2.24) is 9.80 Å². The summed E-state index contributed by atoms with van der Waals surface area (Å²) in [5.74, 6) is 0. The van der Waals surface area contributed by atoms with Gasteiger partial charge < -0.3 is 19.7 Å². The van der Waals surface area contributed by atoms with Crippen LogP contribution in [-0.2, 0) is 11.2 Å². The standard InChI is InChI=1S/C18H31BN2O3/c1-17(2,22)18(3,4)24-19(23)16-8-6-15(7-9-16)14-21-12-10-20(5)11-13-21/h6-9,22-23H,10-14H2,1-5H3. The Morgan fingerprint density at radius 2 is 1.58 bits per heavy atom. The van der Waals surface area contributed by atoms with Crippen LogP contribution in [-0.4, -0.2) is 71.5 Å². The summed E-state index contributed by atoms with van der Waals surface area (Å²) >= 11 is 0. The molecule has 1 aliphatic heterocycles. The van der Waals surface area contributed by atoms with Gasteiger partial charge in [-0.25, -0.2) is 0 Å². The number of rotatable bonds is 6. The van der Waals surface area contributed by atoms with E-state index in [4.69, 9.17) is 4.65 Å². The zero-order chi connectivity index (χ0) is 18.0. The van der Waals surface area contributed by atoms with Crippen molar-refractivity contribution in [2.24, 2.45) is 0 Å². The third-order valence-electron chi connectivity index (χ3n) is 5.15. The summed E-state index contributed by atoms with van der Waals surface area (Å²) in [6.45, 7) is 12.2. The van der Waals surface area contributed by atoms with Gasteiger partial charge in [-0.1, -0.05) is 24.3 Å². The van der Waals surface area contributed by atoms with Crippen LogP contribution in [0.2, 0.25) is 0 Å². The second kappa shape index (κ2) is 7.54. The van der Waals surface area contributed by atoms with Gasteiger partial charge in [0.25, 0.3) is 0 Å². The van der Waals surface area contributed by atoms with Crippen LogP contribution in [0.4, 0.5) is 0 Å². The first kappa shape index (κ1) is 19.4. The quantitative estimate of drug-likeness (QED) is 0.750. The van der Waals surface area contributed by atoms with Crippen molar-refractivity contribution >= 4 is 12.6 Å². The molecule has 24 heavy (non-hydrogen) atoms. The van der Waals surface area contributed by atoms with E-state index in [2.05, 4.69) is 16.8 Å². The van der Waals surface area contributed by atoms with E-state index in [1.54, 1.807) is 27.7 Å². The molecule has 0 amide bonds. The minimum atomic E-state index is -1.05. The van der Waals surface area contributed by atoms with E-state index in [0.29, 0.717) is 5.46 Å². The predicted octanol–water partition coefficient (Wildman–Crippen LogP) is 0.688. The maximum absolute atomic E-state index is 10.3. The highest BCUT2D eigenvalue weighted by atomic mass is 16.5. The molecule has 1 fully saturated rings. The van der Waals surface area contributed by atoms with Crippen molar-refractivity contribution in [3.05, 3.63) is 29.8 Å². The van der Waals surface area contributed by atoms with Crippen LogP contribution in [0.5, 0.6) is 0 Å². The van der Waals surface area contributed by atoms with Gasteiger partial charge in [0.1, 0.15) is 0 Å². The van der Waals surface area contributed by atoms with Crippen LogP contribution in [0.25, 0.3) is 0 Å². The summed E-state index contributed by atoms with van der Waals surface area (Å²) in [6, 6.07) is 7.88. The van der Waals surface area contributed by atoms with E-state index >= 15 is 0 Å². The van der Waals surface area contributed by atoms with Gasteiger partial charge in [-0.05, 0) is 45.8 Å². The van der Waals surface area contributed by atoms with E-state index < -0.39 is 18.3 Å². The molecule has 0 saturated carbocycles. The first-order chi connectivity index (χ1) is 11.1. The second-order valence-electron chi connectivity index (χ2n) is 7.86. The number of piperazine rings is 1. The molecule has 0 aliphatic carbocycles. The topological polar surface area (TPSA) is 56.2 Å². The Morgan fingerprint density at radius 3 is 2.08 bits per heavy atom. The SMILES string of the molecule is CN1CCN(Cc2ccc(B(O)OC(C)(C)C(C)(C)O)cc2)CC1. The lowest BCUT2D eigenvalue weighted by molar-refractivity contribution is -0.0982. The summed E-state index contributed by atoms with van der Waals surface area (Å²) in [6.07, 6.45) is 0. The number of benzene rings is 1. The van der Waals surface area contributed by atoms with E-state index in [-0.39, 0.29) is 0 Å². The molecule has 0 spiro atoms. The van der Waals surface area contributed by atoms with Gasteiger partial charge in [0, 0.05) is 32.7 Å². The average Bonchev–Trinajstić information content (AvgIpc) is 2.49. The summed E-state index contributed by atoms with van der Waals surface area (Å²) in [7, 11) is 1.10. The maximum Gasteiger partial charge on any atom is 0.491 e. The predicted molar refractivity (Wildman–Crippen MR) is 98.3 cm³/mol. The van der Waals surface area contributed by atoms with E-state index in [1.807, 2.05) is 24.3 Å². The molecule has 5 nitrogen and oxygen atoms in total. The van der Waals surface area contributed by atoms with Crippen molar-refractivity contribution in [3.8, 4) is 0 Å². The molecule has 0 bridgehead atoms. The Morgan fingerprint density at radius 1 is 1.04 bits per heavy atom. The van der Waals surface area contributed by atoms with Crippen LogP contribution in [0.15, 0.2) is 24.3 Å². The Balaban J connectivity index is 1.94. The lowest BCUT2D eigenvalue weighted by atomic mass is 9.76. The monoisotopic (exact) mass is 334 g/mol. The fourth-order valence-electron chi connectivity index (χ4n) is 2.54. The number of likely N-dealkylation sites (N-methyl/N-ethyl adjacent to an activating group) is 1. The molecule has 0 radical (unpaired) electrons. The van der Waals surface area contributed by atoms with Crippen LogP contribution < -0.4 is 5.46 Å². The molecule has 1 aromatic rings. The van der Waals surface area contributed by atoms with Crippen molar-refractivity contribution in [2.45, 2.75) is 45.4 Å². The van der Waals surface area contributed by atoms with Crippen LogP contribution in [0.3, 0.4) is 0 Å². The second-order valence-corrected chi connectivity index (χ2v) is 7.86. The maximum atomic E-state index is 10.3. The lowest BCUT2D eigenvalue weighted by Gasteiger charge is -2.38. The van der Waals surface area contributed by atoms with E-state index in [0.717, 1.165) is 32.7 Å². The molecular formula is C18H31BN2O3. The third-order valence-corrected chi connectivity index (χ3v) is 5.15. The van der Waals surface area contributed by atoms with E-state index in [9.17, 15) is 10.1 Å². The lowest BCUT2D eigenvalue weighted by Crippen LogP contribution is -2.53. The number of hydrogen-bond acceptors (Lipinski definition) is 5. The molecule has 0 atom stereocenters. The molecule has 1 heterocycles. The van der Waals surface area contributed by atoms with E-state index in [1.165, 1.54) is 5.56 Å². The molecular weight excluding hydrogens is 303 g/mol. The average molecular weight is 334 g/mol. The zero-order valence-corrected chi connectivity index (χ0v) is 15.6. The fraction of sp³-hybridized carbons (Fsp3) is 0.667. The number of hydrogen-bond donors (Lipinski definition) is 2. The minimum Gasteiger partial charge on any atom is -0.423 e. The Labute approximate surface area is 146 Å². The molecule has 1 aliphatic rings. The van der Waals surface area contributed by atoms with Crippen LogP contribution >= 0.6 is 0 Å². The molecule has 1 saturated heterocycles. The summed E-state index contributed by atoms with van der Waals surface area (Å²) < 4.78 is 5.68. The van der Waals surface area contributed by atoms with Gasteiger partial charge in [-0.2, -0.15) is 0 Å². The highest BCUT2D eigenvalue weighted by Gasteiger charge is 2.39. The van der Waals surface area contributed by atoms with Crippen LogP contribution in [0.1, 0.15) is 33.3 Å². The molecule has 2 N–H and O–H groups in total. The van der Waals surface area contributed by atoms with Crippen molar-refractivity contribution < 1.29 is 14.8 Å². The van der Waals surface area contributed by atoms with Gasteiger partial charge >= 0.3 is 7.12 Å². The summed E-state index contributed by atoms with van der Waals surface area (Å²) in [4.78, 5) is 4.79. The van der Waals surface area contributed by atoms with Crippen molar-refractivity contribution in [3.63, 3.8) is 0 Å². The molecule has 1 aromatic carbocycles. The molecule has 0 aromatic heterocycles. The fourth-order valence-corrected chi connectivity index (χ4v) is 2.54. The number of aliphatic hydroxyl groups is 1. The first-order valence-electron chi connectivity index (χ1n) is 8.66. The molecule has 2 rings (SSSR count). The minimum absolute atomic E-state index is 0.703. The normalized spacial score (nSPS) is 18.0. The first-order valence-corrected chi connectivity index (χ1v) is 8.66. The highest BCUT2D eigenvalue weighted by Crippen LogP contribution is 2.25. The van der Waals surface area contributed by atoms with Gasteiger partial charge in [0.15, 0.2) is 0 Å². The van der Waals surface area contributed by atoms with Crippen molar-refractivity contribution in [1.29, 1.82) is 0 Å². The largest absolute Gasteiger partial charge is 0.491 e. The molecule has 134 valence electrons. The molecule has 0 unspecified atom stereocenters. The Hall–Kier alpha value is -0.915. The summed E-state index contributed by atoms with van der Waals surface area (Å²) in [5.41, 5.74) is 0.0342. The van der Waals surface area contributed by atoms with Gasteiger partial charge in [0.2, 0.25) is 0 Å². The number of nitrogens with zero attached hydrogens (tertiary/aromatic N) is 2. The third kappa shape index (κ3) is 5.04. The Bertz CT molecular complexity index is 520. The van der Waals surface area contributed by atoms with Gasteiger partial charge in [-0.3, -0.25) is 4.90 Å². The smallest absolute Gasteiger partial charge is 0.423 e. The highest BCUT2D eigenvalue weighted by molar-refractivity contribution is 6.60. The Kier molecular flexibility index (Phi) is 6.10.